The number of hydrogen-bond donors (Lipinski definition) is 0. The summed E-state index contributed by atoms with van der Waals surface area (Å²) in [5.41, 5.74) is 6.76. The molecule has 2 aromatic carbocycles. The predicted molar refractivity (Wildman–Crippen MR) is 116 cm³/mol. The van der Waals surface area contributed by atoms with Crippen LogP contribution in [0.5, 0.6) is 0 Å². The molecule has 1 atom stereocenters. The molecule has 0 radical (unpaired) electrons. The Morgan fingerprint density at radius 3 is 2.59 bits per heavy atom. The molecule has 2 heteroatoms. The maximum atomic E-state index is 2.40. The van der Waals surface area contributed by atoms with Gasteiger partial charge >= 0.3 is 0 Å². The fraction of sp³-hybridized carbons (Fsp3) is 0.320. The molecule has 0 bridgehead atoms. The standard InChI is InChI=1S/C25H29N2/c1-6-27-21(15-13-20-9-7-8-10-23(20)27)14-11-19-12-16-24-22(17-19)25(3,4)18(2)26(24)5/h7-18H,6H2,1-5H3/q+1. The van der Waals surface area contributed by atoms with Crippen LogP contribution in [0.4, 0.5) is 5.69 Å². The summed E-state index contributed by atoms with van der Waals surface area (Å²) < 4.78 is 2.37. The SMILES string of the molecule is CC[n+]1c(/C=C/c2ccc3c(c2)C(C)(C)C(C)N3C)ccc2ccccc21. The van der Waals surface area contributed by atoms with Crippen LogP contribution >= 0.6 is 0 Å². The Kier molecular flexibility index (Phi) is 4.30. The van der Waals surface area contributed by atoms with Crippen LogP contribution in [0.3, 0.4) is 0 Å². The van der Waals surface area contributed by atoms with Gasteiger partial charge in [-0.15, -0.1) is 0 Å². The Hall–Kier alpha value is -2.61. The van der Waals surface area contributed by atoms with Crippen molar-refractivity contribution in [2.45, 2.75) is 45.7 Å². The van der Waals surface area contributed by atoms with Crippen LogP contribution in [0.25, 0.3) is 23.1 Å². The van der Waals surface area contributed by atoms with Gasteiger partial charge in [-0.2, -0.15) is 4.57 Å². The first-order valence-electron chi connectivity index (χ1n) is 9.90. The Bertz CT molecular complexity index is 1030. The zero-order valence-corrected chi connectivity index (χ0v) is 17.0. The average Bonchev–Trinajstić information content (AvgIpc) is 2.86. The summed E-state index contributed by atoms with van der Waals surface area (Å²) in [5.74, 6) is 0. The second-order valence-electron chi connectivity index (χ2n) is 8.18. The van der Waals surface area contributed by atoms with Crippen molar-refractivity contribution in [1.82, 2.24) is 0 Å². The average molecular weight is 358 g/mol. The van der Waals surface area contributed by atoms with Crippen LogP contribution in [0.2, 0.25) is 0 Å². The Morgan fingerprint density at radius 2 is 1.81 bits per heavy atom. The van der Waals surface area contributed by atoms with Crippen LogP contribution in [-0.2, 0) is 12.0 Å². The van der Waals surface area contributed by atoms with E-state index in [2.05, 4.69) is 111 Å². The van der Waals surface area contributed by atoms with Gasteiger partial charge < -0.3 is 4.90 Å². The van der Waals surface area contributed by atoms with E-state index in [0.717, 1.165) is 6.54 Å². The van der Waals surface area contributed by atoms with Crippen molar-refractivity contribution in [2.24, 2.45) is 0 Å². The molecule has 1 aromatic heterocycles. The third-order valence-corrected chi connectivity index (χ3v) is 6.46. The minimum Gasteiger partial charge on any atom is -0.371 e. The van der Waals surface area contributed by atoms with Gasteiger partial charge in [0.1, 0.15) is 6.54 Å². The number of hydrogen-bond acceptors (Lipinski definition) is 1. The maximum Gasteiger partial charge on any atom is 0.212 e. The van der Waals surface area contributed by atoms with Gasteiger partial charge in [-0.05, 0) is 55.3 Å². The molecule has 0 saturated heterocycles. The summed E-state index contributed by atoms with van der Waals surface area (Å²) >= 11 is 0. The summed E-state index contributed by atoms with van der Waals surface area (Å²) in [4.78, 5) is 2.40. The van der Waals surface area contributed by atoms with Crippen molar-refractivity contribution < 1.29 is 4.57 Å². The molecular weight excluding hydrogens is 328 g/mol. The highest BCUT2D eigenvalue weighted by Crippen LogP contribution is 2.44. The zero-order valence-electron chi connectivity index (χ0n) is 17.0. The van der Waals surface area contributed by atoms with Gasteiger partial charge in [-0.1, -0.05) is 32.0 Å². The fourth-order valence-electron chi connectivity index (χ4n) is 4.36. The second kappa shape index (κ2) is 6.53. The van der Waals surface area contributed by atoms with E-state index < -0.39 is 0 Å². The maximum absolute atomic E-state index is 2.40. The van der Waals surface area contributed by atoms with Crippen LogP contribution in [-0.4, -0.2) is 13.1 Å². The Balaban J connectivity index is 1.73. The molecule has 0 aliphatic carbocycles. The van der Waals surface area contributed by atoms with E-state index in [1.807, 2.05) is 0 Å². The molecule has 1 aliphatic heterocycles. The minimum atomic E-state index is 0.167. The molecule has 2 nitrogen and oxygen atoms in total. The van der Waals surface area contributed by atoms with E-state index >= 15 is 0 Å². The predicted octanol–water partition coefficient (Wildman–Crippen LogP) is 5.43. The molecule has 0 amide bonds. The number of fused-ring (bicyclic) bond motifs is 2. The number of aromatic nitrogens is 1. The normalized spacial score (nSPS) is 18.4. The molecule has 0 fully saturated rings. The second-order valence-corrected chi connectivity index (χ2v) is 8.18. The summed E-state index contributed by atoms with van der Waals surface area (Å²) in [6, 6.07) is 20.4. The highest BCUT2D eigenvalue weighted by molar-refractivity contribution is 5.78. The van der Waals surface area contributed by atoms with E-state index in [1.165, 1.54) is 33.4 Å². The van der Waals surface area contributed by atoms with Gasteiger partial charge in [0, 0.05) is 47.8 Å². The van der Waals surface area contributed by atoms with Crippen LogP contribution in [0.15, 0.2) is 54.6 Å². The fourth-order valence-corrected chi connectivity index (χ4v) is 4.36. The van der Waals surface area contributed by atoms with Crippen molar-refractivity contribution in [3.05, 3.63) is 71.4 Å². The molecule has 138 valence electrons. The highest BCUT2D eigenvalue weighted by Gasteiger charge is 2.39. The van der Waals surface area contributed by atoms with Crippen LogP contribution in [0, 0.1) is 0 Å². The zero-order chi connectivity index (χ0) is 19.2. The molecule has 1 unspecified atom stereocenters. The van der Waals surface area contributed by atoms with E-state index in [1.54, 1.807) is 0 Å². The number of likely N-dealkylation sites (N-methyl/N-ethyl adjacent to an activating group) is 1. The number of pyridine rings is 1. The first kappa shape index (κ1) is 17.8. The van der Waals surface area contributed by atoms with Crippen molar-refractivity contribution in [3.8, 4) is 0 Å². The molecular formula is C25H29N2+. The van der Waals surface area contributed by atoms with Gasteiger partial charge in [-0.3, -0.25) is 0 Å². The first-order chi connectivity index (χ1) is 12.9. The molecule has 2 heterocycles. The first-order valence-corrected chi connectivity index (χ1v) is 9.90. The van der Waals surface area contributed by atoms with Crippen molar-refractivity contribution in [3.63, 3.8) is 0 Å². The van der Waals surface area contributed by atoms with E-state index in [0.29, 0.717) is 6.04 Å². The van der Waals surface area contributed by atoms with Crippen LogP contribution in [0.1, 0.15) is 44.5 Å². The van der Waals surface area contributed by atoms with Crippen molar-refractivity contribution >= 4 is 28.7 Å². The quantitative estimate of drug-likeness (QED) is 0.567. The van der Waals surface area contributed by atoms with E-state index in [4.69, 9.17) is 0 Å². The molecule has 0 N–H and O–H groups in total. The van der Waals surface area contributed by atoms with Gasteiger partial charge in [-0.25, -0.2) is 0 Å². The molecule has 0 saturated carbocycles. The highest BCUT2D eigenvalue weighted by atomic mass is 15.2. The monoisotopic (exact) mass is 357 g/mol. The Labute approximate surface area is 162 Å². The number of nitrogens with zero attached hydrogens (tertiary/aromatic N) is 2. The van der Waals surface area contributed by atoms with Crippen LogP contribution < -0.4 is 9.47 Å². The van der Waals surface area contributed by atoms with Gasteiger partial charge in [0.25, 0.3) is 0 Å². The van der Waals surface area contributed by atoms with Gasteiger partial charge in [0.2, 0.25) is 11.2 Å². The topological polar surface area (TPSA) is 7.12 Å². The minimum absolute atomic E-state index is 0.167. The third kappa shape index (κ3) is 2.84. The smallest absolute Gasteiger partial charge is 0.212 e. The van der Waals surface area contributed by atoms with E-state index in [-0.39, 0.29) is 5.41 Å². The lowest BCUT2D eigenvalue weighted by atomic mass is 9.81. The number of rotatable bonds is 3. The number of aryl methyl sites for hydroxylation is 1. The van der Waals surface area contributed by atoms with Crippen molar-refractivity contribution in [2.75, 3.05) is 11.9 Å². The lowest BCUT2D eigenvalue weighted by Gasteiger charge is -2.28. The molecule has 3 aromatic rings. The molecule has 27 heavy (non-hydrogen) atoms. The molecule has 1 aliphatic rings. The summed E-state index contributed by atoms with van der Waals surface area (Å²) in [7, 11) is 2.20. The summed E-state index contributed by atoms with van der Waals surface area (Å²) in [6.45, 7) is 10.2. The largest absolute Gasteiger partial charge is 0.371 e. The van der Waals surface area contributed by atoms with E-state index in [9.17, 15) is 0 Å². The number of para-hydroxylation sites is 1. The summed E-state index contributed by atoms with van der Waals surface area (Å²) in [6.07, 6.45) is 4.49. The number of anilines is 1. The lowest BCUT2D eigenvalue weighted by molar-refractivity contribution is -0.669. The Morgan fingerprint density at radius 1 is 1.04 bits per heavy atom. The third-order valence-electron chi connectivity index (χ3n) is 6.46. The summed E-state index contributed by atoms with van der Waals surface area (Å²) in [5, 5.41) is 1.29. The molecule has 0 spiro atoms. The van der Waals surface area contributed by atoms with Crippen molar-refractivity contribution in [1.29, 1.82) is 0 Å². The van der Waals surface area contributed by atoms with Gasteiger partial charge in [0.05, 0.1) is 0 Å². The molecule has 4 rings (SSSR count). The lowest BCUT2D eigenvalue weighted by Crippen LogP contribution is -2.36. The number of benzene rings is 2. The van der Waals surface area contributed by atoms with Gasteiger partial charge in [0.15, 0.2) is 0 Å².